The fourth-order valence-electron chi connectivity index (χ4n) is 3.87. The highest BCUT2D eigenvalue weighted by atomic mass is 16.1. The van der Waals surface area contributed by atoms with Gasteiger partial charge in [-0.05, 0) is 69.5 Å². The average molecular weight is 281 g/mol. The number of nitrogens with zero attached hydrogens (tertiary/aromatic N) is 1. The third-order valence-electron chi connectivity index (χ3n) is 5.56. The summed E-state index contributed by atoms with van der Waals surface area (Å²) in [5.74, 6) is -0.0340. The smallest absolute Gasteiger partial charge is 0.237 e. The largest absolute Gasteiger partial charge is 0.368 e. The molecular formula is C16H31N3O. The minimum Gasteiger partial charge on any atom is -0.368 e. The van der Waals surface area contributed by atoms with Crippen molar-refractivity contribution in [3.8, 4) is 0 Å². The van der Waals surface area contributed by atoms with Gasteiger partial charge in [0.2, 0.25) is 5.91 Å². The first-order valence-electron chi connectivity index (χ1n) is 8.15. The summed E-state index contributed by atoms with van der Waals surface area (Å²) >= 11 is 0. The van der Waals surface area contributed by atoms with Gasteiger partial charge < -0.3 is 16.4 Å². The Morgan fingerprint density at radius 3 is 2.65 bits per heavy atom. The number of amides is 1. The summed E-state index contributed by atoms with van der Waals surface area (Å²) in [7, 11) is 0. The number of nitrogens with two attached hydrogens (primary N) is 2. The van der Waals surface area contributed by atoms with E-state index in [1.807, 2.05) is 0 Å². The molecule has 0 bridgehead atoms. The Kier molecular flexibility index (Phi) is 4.75. The molecule has 20 heavy (non-hydrogen) atoms. The van der Waals surface area contributed by atoms with Crippen LogP contribution < -0.4 is 11.5 Å². The van der Waals surface area contributed by atoms with Crippen LogP contribution in [0.25, 0.3) is 0 Å². The van der Waals surface area contributed by atoms with Gasteiger partial charge in [0, 0.05) is 0 Å². The molecule has 2 fully saturated rings. The van der Waals surface area contributed by atoms with Gasteiger partial charge >= 0.3 is 0 Å². The number of primary amides is 1. The molecule has 1 aliphatic carbocycles. The molecular weight excluding hydrogens is 250 g/mol. The lowest BCUT2D eigenvalue weighted by Gasteiger charge is -2.30. The van der Waals surface area contributed by atoms with E-state index in [1.165, 1.54) is 32.4 Å². The van der Waals surface area contributed by atoms with Crippen LogP contribution in [-0.4, -0.2) is 36.0 Å². The third-order valence-corrected chi connectivity index (χ3v) is 5.56. The van der Waals surface area contributed by atoms with E-state index in [4.69, 9.17) is 11.5 Å². The first-order chi connectivity index (χ1) is 9.33. The summed E-state index contributed by atoms with van der Waals surface area (Å²) in [5.41, 5.74) is 11.5. The van der Waals surface area contributed by atoms with Gasteiger partial charge in [-0.3, -0.25) is 4.79 Å². The van der Waals surface area contributed by atoms with Gasteiger partial charge in [0.05, 0.1) is 5.54 Å². The van der Waals surface area contributed by atoms with Gasteiger partial charge in [-0.15, -0.1) is 0 Å². The molecule has 4 nitrogen and oxygen atoms in total. The van der Waals surface area contributed by atoms with E-state index in [0.717, 1.165) is 32.2 Å². The van der Waals surface area contributed by atoms with Crippen LogP contribution >= 0.6 is 0 Å². The third kappa shape index (κ3) is 3.53. The summed E-state index contributed by atoms with van der Waals surface area (Å²) in [4.78, 5) is 14.2. The summed E-state index contributed by atoms with van der Waals surface area (Å²) in [6, 6.07) is 0. The lowest BCUT2D eigenvalue weighted by atomic mass is 9.84. The first-order valence-corrected chi connectivity index (χ1v) is 8.15. The average Bonchev–Trinajstić information content (AvgIpc) is 2.65. The minimum absolute atomic E-state index is 0.274. The van der Waals surface area contributed by atoms with Crippen LogP contribution in [0.15, 0.2) is 0 Å². The zero-order valence-corrected chi connectivity index (χ0v) is 13.2. The van der Waals surface area contributed by atoms with Crippen LogP contribution in [-0.2, 0) is 4.79 Å². The number of carbonyl (C=O) groups excluding carboxylic acids is 1. The molecule has 2 rings (SSSR count). The van der Waals surface area contributed by atoms with Gasteiger partial charge in [0.15, 0.2) is 0 Å². The maximum Gasteiger partial charge on any atom is 0.237 e. The van der Waals surface area contributed by atoms with Crippen molar-refractivity contribution in [3.63, 3.8) is 0 Å². The Labute approximate surface area is 123 Å². The molecule has 0 aromatic heterocycles. The molecule has 0 radical (unpaired) electrons. The Morgan fingerprint density at radius 2 is 1.95 bits per heavy atom. The van der Waals surface area contributed by atoms with Crippen LogP contribution in [0.4, 0.5) is 0 Å². The predicted octanol–water partition coefficient (Wildman–Crippen LogP) is 1.87. The Morgan fingerprint density at radius 1 is 1.20 bits per heavy atom. The molecule has 2 aliphatic rings. The van der Waals surface area contributed by atoms with Gasteiger partial charge in [0.25, 0.3) is 0 Å². The molecule has 0 spiro atoms. The Bertz CT molecular complexity index is 356. The van der Waals surface area contributed by atoms with Crippen molar-refractivity contribution in [2.75, 3.05) is 19.6 Å². The maximum atomic E-state index is 11.6. The highest BCUT2D eigenvalue weighted by Gasteiger charge is 2.44. The molecule has 1 amide bonds. The normalized spacial score (nSPS) is 34.9. The van der Waals surface area contributed by atoms with Crippen LogP contribution in [0, 0.1) is 11.3 Å². The second kappa shape index (κ2) is 6.02. The molecule has 4 heteroatoms. The number of hydrogen-bond donors (Lipinski definition) is 2. The predicted molar refractivity (Wildman–Crippen MR) is 82.1 cm³/mol. The summed E-state index contributed by atoms with van der Waals surface area (Å²) < 4.78 is 0. The monoisotopic (exact) mass is 281 g/mol. The van der Waals surface area contributed by atoms with Crippen molar-refractivity contribution >= 4 is 5.91 Å². The molecule has 1 heterocycles. The number of likely N-dealkylation sites (tertiary alicyclic amines) is 1. The molecule has 2 unspecified atom stereocenters. The topological polar surface area (TPSA) is 72.3 Å². The fraction of sp³-hybridized carbons (Fsp3) is 0.938. The molecule has 0 aromatic rings. The number of hydrogen-bond acceptors (Lipinski definition) is 3. The quantitative estimate of drug-likeness (QED) is 0.826. The van der Waals surface area contributed by atoms with Crippen LogP contribution in [0.5, 0.6) is 0 Å². The van der Waals surface area contributed by atoms with Crippen molar-refractivity contribution in [1.29, 1.82) is 0 Å². The van der Waals surface area contributed by atoms with E-state index in [0.29, 0.717) is 5.41 Å². The van der Waals surface area contributed by atoms with Gasteiger partial charge in [-0.25, -0.2) is 0 Å². The van der Waals surface area contributed by atoms with Crippen molar-refractivity contribution in [1.82, 2.24) is 4.90 Å². The van der Waals surface area contributed by atoms with Gasteiger partial charge in [0.1, 0.15) is 0 Å². The first kappa shape index (κ1) is 15.8. The Hall–Kier alpha value is -0.610. The SMILES string of the molecule is CC1(C)CCCN(CCC2CCCC2(N)C(N)=O)CC1. The van der Waals surface area contributed by atoms with E-state index >= 15 is 0 Å². The highest BCUT2D eigenvalue weighted by molar-refractivity contribution is 5.85. The van der Waals surface area contributed by atoms with Gasteiger partial charge in [-0.2, -0.15) is 0 Å². The highest BCUT2D eigenvalue weighted by Crippen LogP contribution is 2.36. The zero-order chi connectivity index (χ0) is 14.8. The molecule has 1 saturated heterocycles. The molecule has 2 atom stereocenters. The number of rotatable bonds is 4. The van der Waals surface area contributed by atoms with Gasteiger partial charge in [-0.1, -0.05) is 20.3 Å². The molecule has 4 N–H and O–H groups in total. The summed E-state index contributed by atoms with van der Waals surface area (Å²) in [6.07, 6.45) is 7.73. The molecule has 0 aromatic carbocycles. The molecule has 116 valence electrons. The number of carbonyl (C=O) groups is 1. The molecule has 1 saturated carbocycles. The van der Waals surface area contributed by atoms with Crippen molar-refractivity contribution in [2.24, 2.45) is 22.8 Å². The second-order valence-corrected chi connectivity index (χ2v) is 7.64. The summed E-state index contributed by atoms with van der Waals surface area (Å²) in [5, 5.41) is 0. The van der Waals surface area contributed by atoms with E-state index in [1.54, 1.807) is 0 Å². The Balaban J connectivity index is 1.84. The minimum atomic E-state index is -0.745. The zero-order valence-electron chi connectivity index (χ0n) is 13.2. The van der Waals surface area contributed by atoms with Crippen LogP contribution in [0.3, 0.4) is 0 Å². The van der Waals surface area contributed by atoms with E-state index in [-0.39, 0.29) is 11.8 Å². The lowest BCUT2D eigenvalue weighted by Crippen LogP contribution is -2.55. The standard InChI is InChI=1S/C16H31N3O/c1-15(2)7-4-10-19(12-9-15)11-6-13-5-3-8-16(13,18)14(17)20/h13H,3-12,18H2,1-2H3,(H2,17,20). The maximum absolute atomic E-state index is 11.6. The second-order valence-electron chi connectivity index (χ2n) is 7.64. The van der Waals surface area contributed by atoms with E-state index < -0.39 is 5.54 Å². The van der Waals surface area contributed by atoms with Crippen LogP contribution in [0.2, 0.25) is 0 Å². The van der Waals surface area contributed by atoms with E-state index in [9.17, 15) is 4.79 Å². The summed E-state index contributed by atoms with van der Waals surface area (Å²) in [6.45, 7) is 8.15. The van der Waals surface area contributed by atoms with E-state index in [2.05, 4.69) is 18.7 Å². The van der Waals surface area contributed by atoms with Crippen molar-refractivity contribution in [2.45, 2.75) is 64.3 Å². The van der Waals surface area contributed by atoms with Crippen molar-refractivity contribution < 1.29 is 4.79 Å². The fourth-order valence-corrected chi connectivity index (χ4v) is 3.87. The van der Waals surface area contributed by atoms with Crippen LogP contribution in [0.1, 0.15) is 58.8 Å². The lowest BCUT2D eigenvalue weighted by molar-refractivity contribution is -0.124. The molecule has 1 aliphatic heterocycles. The van der Waals surface area contributed by atoms with Crippen molar-refractivity contribution in [3.05, 3.63) is 0 Å².